The maximum Gasteiger partial charge on any atom is 0.0393 e. The van der Waals surface area contributed by atoms with Crippen molar-refractivity contribution in [2.45, 2.75) is 13.8 Å². The highest BCUT2D eigenvalue weighted by Crippen LogP contribution is 2.45. The molecule has 0 unspecified atom stereocenters. The molecule has 0 heterocycles. The Bertz CT molecular complexity index is 1590. The van der Waals surface area contributed by atoms with Crippen LogP contribution in [0.3, 0.4) is 0 Å². The lowest BCUT2D eigenvalue weighted by Crippen LogP contribution is -2.03. The van der Waals surface area contributed by atoms with Crippen molar-refractivity contribution in [3.05, 3.63) is 139 Å². The molecule has 2 N–H and O–H groups in total. The molecule has 0 radical (unpaired) electrons. The van der Waals surface area contributed by atoms with Crippen LogP contribution >= 0.6 is 0 Å². The fourth-order valence-electron chi connectivity index (χ4n) is 5.00. The van der Waals surface area contributed by atoms with Crippen molar-refractivity contribution in [1.29, 1.82) is 0 Å². The molecule has 0 bridgehead atoms. The van der Waals surface area contributed by atoms with Gasteiger partial charge in [0.05, 0.1) is 0 Å². The Morgan fingerprint density at radius 1 is 0.595 bits per heavy atom. The summed E-state index contributed by atoms with van der Waals surface area (Å²) >= 11 is 0. The zero-order valence-electron chi connectivity index (χ0n) is 21.7. The highest BCUT2D eigenvalue weighted by atomic mass is 14.6. The molecule has 1 nitrogen and oxygen atoms in total. The number of hydrogen-bond acceptors (Lipinski definition) is 1. The van der Waals surface area contributed by atoms with E-state index < -0.39 is 0 Å². The van der Waals surface area contributed by atoms with Crippen molar-refractivity contribution in [1.82, 2.24) is 0 Å². The third kappa shape index (κ3) is 4.64. The van der Waals surface area contributed by atoms with Crippen LogP contribution < -0.4 is 5.73 Å². The first-order valence-electron chi connectivity index (χ1n) is 12.4. The topological polar surface area (TPSA) is 26.0 Å². The van der Waals surface area contributed by atoms with E-state index in [4.69, 9.17) is 5.73 Å². The van der Waals surface area contributed by atoms with Gasteiger partial charge in [0.1, 0.15) is 0 Å². The molecule has 4 aromatic carbocycles. The molecule has 4 aromatic rings. The van der Waals surface area contributed by atoms with Gasteiger partial charge in [0, 0.05) is 11.3 Å². The summed E-state index contributed by atoms with van der Waals surface area (Å²) in [4.78, 5) is 0. The zero-order chi connectivity index (χ0) is 26.5. The summed E-state index contributed by atoms with van der Waals surface area (Å²) in [5.41, 5.74) is 17.8. The van der Waals surface area contributed by atoms with Gasteiger partial charge in [0.15, 0.2) is 0 Å². The number of hydrogen-bond donors (Lipinski definition) is 1. The van der Waals surface area contributed by atoms with Gasteiger partial charge >= 0.3 is 0 Å². The van der Waals surface area contributed by atoms with Crippen LogP contribution in [0.25, 0.3) is 63.0 Å². The van der Waals surface area contributed by atoms with Crippen LogP contribution in [-0.2, 0) is 0 Å². The molecule has 1 heteroatoms. The van der Waals surface area contributed by atoms with E-state index in [2.05, 4.69) is 101 Å². The molecular weight excluding hydrogens is 446 g/mol. The molecule has 0 amide bonds. The van der Waals surface area contributed by atoms with Gasteiger partial charge in [-0.15, -0.1) is 0 Å². The largest absolute Gasteiger partial charge is 0.398 e. The fraction of sp³-hybridized carbons (Fsp3) is 0.0556. The first kappa shape index (κ1) is 25.5. The molecule has 0 aliphatic heterocycles. The van der Waals surface area contributed by atoms with Gasteiger partial charge in [-0.2, -0.15) is 0 Å². The van der Waals surface area contributed by atoms with Crippen molar-refractivity contribution in [3.8, 4) is 22.3 Å². The smallest absolute Gasteiger partial charge is 0.0393 e. The second kappa shape index (κ2) is 11.0. The summed E-state index contributed by atoms with van der Waals surface area (Å²) in [6, 6.07) is 23.2. The summed E-state index contributed by atoms with van der Waals surface area (Å²) in [6.07, 6.45) is 11.6. The van der Waals surface area contributed by atoms with E-state index in [-0.39, 0.29) is 0 Å². The molecule has 0 aliphatic carbocycles. The van der Waals surface area contributed by atoms with Crippen LogP contribution in [0.5, 0.6) is 0 Å². The fourth-order valence-corrected chi connectivity index (χ4v) is 5.00. The Morgan fingerprint density at radius 2 is 1.14 bits per heavy atom. The first-order chi connectivity index (χ1) is 18.0. The summed E-state index contributed by atoms with van der Waals surface area (Å²) in [5.74, 6) is 0. The Balaban J connectivity index is 2.15. The van der Waals surface area contributed by atoms with E-state index >= 15 is 0 Å². The maximum atomic E-state index is 6.51. The molecule has 0 fully saturated rings. The highest BCUT2D eigenvalue weighted by Gasteiger charge is 2.21. The zero-order valence-corrected chi connectivity index (χ0v) is 21.7. The van der Waals surface area contributed by atoms with Gasteiger partial charge in [-0.25, -0.2) is 0 Å². The standard InChI is InChI=1S/C36H33N/c1-7-26-27(8-2)33(22-21-30(26)34(37)23-20-24(5)6)36-29(10-4)28(9-3)35(25-16-12-11-13-17-25)31-18-14-15-19-32(31)36/h7-23H,1-4,37H2,5-6H3/b34-23-. The Labute approximate surface area is 221 Å². The van der Waals surface area contributed by atoms with Crippen molar-refractivity contribution in [3.63, 3.8) is 0 Å². The van der Waals surface area contributed by atoms with Crippen LogP contribution in [0.15, 0.2) is 111 Å². The van der Waals surface area contributed by atoms with Gasteiger partial charge in [-0.1, -0.05) is 129 Å². The number of rotatable bonds is 8. The van der Waals surface area contributed by atoms with Gasteiger partial charge in [0.25, 0.3) is 0 Å². The van der Waals surface area contributed by atoms with Crippen molar-refractivity contribution < 1.29 is 0 Å². The number of benzene rings is 4. The Kier molecular flexibility index (Phi) is 7.55. The molecule has 0 aromatic heterocycles. The second-order valence-electron chi connectivity index (χ2n) is 9.16. The van der Waals surface area contributed by atoms with Crippen molar-refractivity contribution >= 4 is 40.8 Å². The summed E-state index contributed by atoms with van der Waals surface area (Å²) in [6.45, 7) is 20.8. The molecule has 0 spiro atoms. The number of nitrogens with two attached hydrogens (primary N) is 1. The number of fused-ring (bicyclic) bond motifs is 1. The molecule has 4 rings (SSSR count). The van der Waals surface area contributed by atoms with Gasteiger partial charge in [-0.05, 0) is 75.2 Å². The average molecular weight is 480 g/mol. The lowest BCUT2D eigenvalue weighted by Gasteiger charge is -2.22. The van der Waals surface area contributed by atoms with Crippen LogP contribution in [0.2, 0.25) is 0 Å². The van der Waals surface area contributed by atoms with Gasteiger partial charge in [-0.3, -0.25) is 0 Å². The van der Waals surface area contributed by atoms with Crippen molar-refractivity contribution in [2.75, 3.05) is 0 Å². The molecule has 0 saturated carbocycles. The first-order valence-corrected chi connectivity index (χ1v) is 12.4. The third-order valence-corrected chi connectivity index (χ3v) is 6.64. The van der Waals surface area contributed by atoms with E-state index in [0.717, 1.165) is 60.8 Å². The molecule has 0 aliphatic rings. The van der Waals surface area contributed by atoms with E-state index in [0.29, 0.717) is 5.70 Å². The lowest BCUT2D eigenvalue weighted by atomic mass is 9.81. The minimum Gasteiger partial charge on any atom is -0.398 e. The molecule has 182 valence electrons. The normalized spacial score (nSPS) is 11.1. The molecular formula is C36H33N. The monoisotopic (exact) mass is 479 g/mol. The summed E-state index contributed by atoms with van der Waals surface area (Å²) in [7, 11) is 0. The van der Waals surface area contributed by atoms with Gasteiger partial charge in [0.2, 0.25) is 0 Å². The minimum absolute atomic E-state index is 0.686. The summed E-state index contributed by atoms with van der Waals surface area (Å²) in [5, 5.41) is 2.30. The highest BCUT2D eigenvalue weighted by molar-refractivity contribution is 6.12. The molecule has 37 heavy (non-hydrogen) atoms. The number of allylic oxidation sites excluding steroid dienone is 3. The summed E-state index contributed by atoms with van der Waals surface area (Å²) < 4.78 is 0. The van der Waals surface area contributed by atoms with Crippen LogP contribution in [0, 0.1) is 0 Å². The van der Waals surface area contributed by atoms with E-state index in [1.54, 1.807) is 0 Å². The van der Waals surface area contributed by atoms with Crippen LogP contribution in [-0.4, -0.2) is 0 Å². The Morgan fingerprint density at radius 3 is 1.70 bits per heavy atom. The minimum atomic E-state index is 0.686. The second-order valence-corrected chi connectivity index (χ2v) is 9.16. The third-order valence-electron chi connectivity index (χ3n) is 6.64. The van der Waals surface area contributed by atoms with Gasteiger partial charge < -0.3 is 5.73 Å². The molecule has 0 atom stereocenters. The van der Waals surface area contributed by atoms with E-state index in [1.165, 1.54) is 5.57 Å². The predicted molar refractivity (Wildman–Crippen MR) is 167 cm³/mol. The van der Waals surface area contributed by atoms with E-state index in [9.17, 15) is 0 Å². The average Bonchev–Trinajstić information content (AvgIpc) is 2.93. The van der Waals surface area contributed by atoms with Crippen LogP contribution in [0.4, 0.5) is 0 Å². The SMILES string of the molecule is C=Cc1c(/C(N)=C/C=C(C)C)ccc(-c2c(C=C)c(C=C)c(-c3ccccc3)c3ccccc23)c1C=C. The quantitative estimate of drug-likeness (QED) is 0.250. The lowest BCUT2D eigenvalue weighted by molar-refractivity contribution is 1.39. The van der Waals surface area contributed by atoms with E-state index in [1.807, 2.05) is 42.5 Å². The predicted octanol–water partition coefficient (Wildman–Crippen LogP) is 10.0. The maximum absolute atomic E-state index is 6.51. The van der Waals surface area contributed by atoms with Crippen molar-refractivity contribution in [2.24, 2.45) is 5.73 Å². The van der Waals surface area contributed by atoms with Crippen LogP contribution in [0.1, 0.15) is 41.7 Å². The molecule has 0 saturated heterocycles. The Hall–Kier alpha value is -4.62.